The number of esters is 1. The standard InChI is InChI=1S/C17H23F2NO4/c1-16(2,3)24-15(22)20-10-14(21)23-17(4,5)9-11-6-7-12(18)13(19)8-11/h6-8H,9-10H2,1-5H3,(H,20,22). The van der Waals surface area contributed by atoms with Crippen LogP contribution in [0.25, 0.3) is 0 Å². The van der Waals surface area contributed by atoms with Gasteiger partial charge in [0.1, 0.15) is 17.7 Å². The van der Waals surface area contributed by atoms with E-state index in [2.05, 4.69) is 5.32 Å². The Morgan fingerprint density at radius 2 is 1.67 bits per heavy atom. The van der Waals surface area contributed by atoms with Gasteiger partial charge in [-0.3, -0.25) is 4.79 Å². The van der Waals surface area contributed by atoms with E-state index >= 15 is 0 Å². The van der Waals surface area contributed by atoms with Crippen LogP contribution in [0.5, 0.6) is 0 Å². The maximum absolute atomic E-state index is 13.2. The van der Waals surface area contributed by atoms with Crippen molar-refractivity contribution < 1.29 is 27.8 Å². The third-order valence-electron chi connectivity index (χ3n) is 2.78. The molecule has 0 bridgehead atoms. The van der Waals surface area contributed by atoms with Crippen molar-refractivity contribution in [3.63, 3.8) is 0 Å². The molecule has 1 rings (SSSR count). The Morgan fingerprint density at radius 3 is 2.21 bits per heavy atom. The molecule has 0 aliphatic heterocycles. The normalized spacial score (nSPS) is 11.8. The molecule has 134 valence electrons. The van der Waals surface area contributed by atoms with Crippen LogP contribution in [0.1, 0.15) is 40.2 Å². The summed E-state index contributed by atoms with van der Waals surface area (Å²) in [5.41, 5.74) is -1.12. The van der Waals surface area contributed by atoms with E-state index in [1.807, 2.05) is 0 Å². The molecular weight excluding hydrogens is 320 g/mol. The predicted molar refractivity (Wildman–Crippen MR) is 84.5 cm³/mol. The van der Waals surface area contributed by atoms with Crippen LogP contribution < -0.4 is 5.32 Å². The van der Waals surface area contributed by atoms with E-state index in [0.717, 1.165) is 12.1 Å². The molecule has 0 aliphatic rings. The van der Waals surface area contributed by atoms with E-state index < -0.39 is 34.9 Å². The van der Waals surface area contributed by atoms with Crippen LogP contribution in [0.3, 0.4) is 0 Å². The molecule has 24 heavy (non-hydrogen) atoms. The number of hydrogen-bond acceptors (Lipinski definition) is 4. The molecule has 0 heterocycles. The van der Waals surface area contributed by atoms with Crippen molar-refractivity contribution in [2.45, 2.75) is 52.2 Å². The van der Waals surface area contributed by atoms with E-state index in [9.17, 15) is 18.4 Å². The molecule has 7 heteroatoms. The summed E-state index contributed by atoms with van der Waals surface area (Å²) < 4.78 is 36.4. The van der Waals surface area contributed by atoms with Crippen LogP contribution >= 0.6 is 0 Å². The fraction of sp³-hybridized carbons (Fsp3) is 0.529. The molecule has 0 unspecified atom stereocenters. The van der Waals surface area contributed by atoms with Gasteiger partial charge in [0.2, 0.25) is 0 Å². The second kappa shape index (κ2) is 7.59. The van der Waals surface area contributed by atoms with Gasteiger partial charge in [0.15, 0.2) is 11.6 Å². The highest BCUT2D eigenvalue weighted by molar-refractivity contribution is 5.78. The van der Waals surface area contributed by atoms with Crippen LogP contribution in [0.2, 0.25) is 0 Å². The number of rotatable bonds is 5. The lowest BCUT2D eigenvalue weighted by Gasteiger charge is -2.25. The average molecular weight is 343 g/mol. The Labute approximate surface area is 140 Å². The Bertz CT molecular complexity index is 609. The minimum Gasteiger partial charge on any atom is -0.458 e. The van der Waals surface area contributed by atoms with Crippen molar-refractivity contribution >= 4 is 12.1 Å². The van der Waals surface area contributed by atoms with E-state index in [-0.39, 0.29) is 13.0 Å². The van der Waals surface area contributed by atoms with Crippen LogP contribution in [-0.4, -0.2) is 29.8 Å². The zero-order valence-electron chi connectivity index (χ0n) is 14.5. The van der Waals surface area contributed by atoms with Crippen LogP contribution in [-0.2, 0) is 20.7 Å². The highest BCUT2D eigenvalue weighted by Gasteiger charge is 2.25. The highest BCUT2D eigenvalue weighted by Crippen LogP contribution is 2.19. The van der Waals surface area contributed by atoms with E-state index in [1.165, 1.54) is 6.07 Å². The third kappa shape index (κ3) is 7.39. The van der Waals surface area contributed by atoms with Gasteiger partial charge in [0.25, 0.3) is 0 Å². The van der Waals surface area contributed by atoms with Crippen molar-refractivity contribution in [3.8, 4) is 0 Å². The summed E-state index contributed by atoms with van der Waals surface area (Å²) >= 11 is 0. The molecule has 0 spiro atoms. The van der Waals surface area contributed by atoms with Crippen molar-refractivity contribution in [2.24, 2.45) is 0 Å². The summed E-state index contributed by atoms with van der Waals surface area (Å²) in [5.74, 6) is -2.55. The van der Waals surface area contributed by atoms with Crippen molar-refractivity contribution in [1.82, 2.24) is 5.32 Å². The Kier molecular flexibility index (Phi) is 6.29. The first-order valence-corrected chi connectivity index (χ1v) is 7.50. The maximum atomic E-state index is 13.2. The number of alkyl carbamates (subject to hydrolysis) is 1. The van der Waals surface area contributed by atoms with E-state index in [4.69, 9.17) is 9.47 Å². The molecule has 1 aromatic rings. The fourth-order valence-electron chi connectivity index (χ4n) is 1.98. The summed E-state index contributed by atoms with van der Waals surface area (Å²) in [7, 11) is 0. The second-order valence-corrected chi connectivity index (χ2v) is 7.01. The van der Waals surface area contributed by atoms with Crippen molar-refractivity contribution in [3.05, 3.63) is 35.4 Å². The first kappa shape index (κ1) is 19.9. The van der Waals surface area contributed by atoms with Crippen molar-refractivity contribution in [1.29, 1.82) is 0 Å². The number of hydrogen-bond donors (Lipinski definition) is 1. The van der Waals surface area contributed by atoms with Gasteiger partial charge in [0, 0.05) is 6.42 Å². The first-order chi connectivity index (χ1) is 10.9. The second-order valence-electron chi connectivity index (χ2n) is 7.01. The summed E-state index contributed by atoms with van der Waals surface area (Å²) in [5, 5.41) is 2.30. The van der Waals surface area contributed by atoms with Gasteiger partial charge in [-0.1, -0.05) is 6.07 Å². The van der Waals surface area contributed by atoms with Gasteiger partial charge >= 0.3 is 12.1 Å². The van der Waals surface area contributed by atoms with Crippen LogP contribution in [0.4, 0.5) is 13.6 Å². The molecular formula is C17H23F2NO4. The zero-order valence-corrected chi connectivity index (χ0v) is 14.5. The van der Waals surface area contributed by atoms with Crippen LogP contribution in [0, 0.1) is 11.6 Å². The number of ether oxygens (including phenoxy) is 2. The summed E-state index contributed by atoms with van der Waals surface area (Å²) in [6.45, 7) is 8.04. The number of amides is 1. The Balaban J connectivity index is 2.52. The summed E-state index contributed by atoms with van der Waals surface area (Å²) in [4.78, 5) is 23.3. The average Bonchev–Trinajstić information content (AvgIpc) is 2.38. The van der Waals surface area contributed by atoms with E-state index in [1.54, 1.807) is 34.6 Å². The first-order valence-electron chi connectivity index (χ1n) is 7.50. The number of benzene rings is 1. The molecule has 1 N–H and O–H groups in total. The van der Waals surface area contributed by atoms with Gasteiger partial charge in [-0.2, -0.15) is 0 Å². The molecule has 0 fully saturated rings. The number of halogens is 2. The quantitative estimate of drug-likeness (QED) is 0.833. The molecule has 0 saturated heterocycles. The van der Waals surface area contributed by atoms with Gasteiger partial charge in [-0.15, -0.1) is 0 Å². The van der Waals surface area contributed by atoms with E-state index in [0.29, 0.717) is 5.56 Å². The lowest BCUT2D eigenvalue weighted by Crippen LogP contribution is -2.39. The molecule has 0 saturated carbocycles. The number of nitrogens with one attached hydrogen (secondary N) is 1. The molecule has 0 aromatic heterocycles. The Morgan fingerprint density at radius 1 is 1.04 bits per heavy atom. The largest absolute Gasteiger partial charge is 0.458 e. The summed E-state index contributed by atoms with van der Waals surface area (Å²) in [6, 6.07) is 3.50. The monoisotopic (exact) mass is 343 g/mol. The van der Waals surface area contributed by atoms with Crippen LogP contribution in [0.15, 0.2) is 18.2 Å². The third-order valence-corrected chi connectivity index (χ3v) is 2.78. The molecule has 0 atom stereocenters. The van der Waals surface area contributed by atoms with Gasteiger partial charge in [-0.05, 0) is 52.3 Å². The minimum atomic E-state index is -0.957. The van der Waals surface area contributed by atoms with Gasteiger partial charge < -0.3 is 14.8 Å². The summed E-state index contributed by atoms with van der Waals surface area (Å²) in [6.07, 6.45) is -0.527. The SMILES string of the molecule is CC(C)(C)OC(=O)NCC(=O)OC(C)(C)Cc1ccc(F)c(F)c1. The smallest absolute Gasteiger partial charge is 0.408 e. The number of carbonyl (C=O) groups is 2. The lowest BCUT2D eigenvalue weighted by atomic mass is 9.98. The molecule has 1 amide bonds. The molecule has 0 aliphatic carbocycles. The minimum absolute atomic E-state index is 0.197. The topological polar surface area (TPSA) is 64.6 Å². The Hall–Kier alpha value is -2.18. The molecule has 0 radical (unpaired) electrons. The highest BCUT2D eigenvalue weighted by atomic mass is 19.2. The van der Waals surface area contributed by atoms with Gasteiger partial charge in [0.05, 0.1) is 0 Å². The molecule has 5 nitrogen and oxygen atoms in total. The van der Waals surface area contributed by atoms with Crippen molar-refractivity contribution in [2.75, 3.05) is 6.54 Å². The number of carbonyl (C=O) groups excluding carboxylic acids is 2. The lowest BCUT2D eigenvalue weighted by molar-refractivity contribution is -0.155. The maximum Gasteiger partial charge on any atom is 0.408 e. The molecule has 1 aromatic carbocycles. The predicted octanol–water partition coefficient (Wildman–Crippen LogP) is 3.35. The zero-order chi connectivity index (χ0) is 18.5. The fourth-order valence-corrected chi connectivity index (χ4v) is 1.98. The van der Waals surface area contributed by atoms with Gasteiger partial charge in [-0.25, -0.2) is 13.6 Å².